The van der Waals surface area contributed by atoms with Crippen LogP contribution in [-0.2, 0) is 19.2 Å². The number of Topliss-reactive ketones (excluding diaryl/α,β-unsaturated/α-hetero) is 1. The number of amidine groups is 1. The molecule has 166 valence electrons. The molecule has 4 rings (SSSR count). The number of halogens is 1. The highest BCUT2D eigenvalue weighted by atomic mass is 35.5. The molecule has 0 bridgehead atoms. The summed E-state index contributed by atoms with van der Waals surface area (Å²) in [5, 5.41) is 2.14. The molecule has 2 aromatic carbocycles. The Kier molecular flexibility index (Phi) is 5.92. The van der Waals surface area contributed by atoms with Crippen molar-refractivity contribution in [2.45, 2.75) is 19.9 Å². The number of aliphatic imine (C=N–C) groups is 1. The zero-order valence-electron chi connectivity index (χ0n) is 17.6. The highest BCUT2D eigenvalue weighted by Gasteiger charge is 2.52. The lowest BCUT2D eigenvalue weighted by molar-refractivity contribution is -0.163. The number of benzene rings is 2. The highest BCUT2D eigenvalue weighted by molar-refractivity contribution is 7.80. The Bertz CT molecular complexity index is 1260. The van der Waals surface area contributed by atoms with E-state index in [0.717, 1.165) is 14.9 Å². The van der Waals surface area contributed by atoms with Crippen LogP contribution in [-0.4, -0.2) is 55.4 Å². The fourth-order valence-electron chi connectivity index (χ4n) is 3.58. The van der Waals surface area contributed by atoms with Crippen molar-refractivity contribution in [3.63, 3.8) is 0 Å². The number of carbonyl (C=O) groups excluding carboxylic acids is 4. The first-order chi connectivity index (χ1) is 15.7. The average Bonchev–Trinajstić information content (AvgIpc) is 2.78. The van der Waals surface area contributed by atoms with E-state index in [1.54, 1.807) is 48.5 Å². The van der Waals surface area contributed by atoms with Gasteiger partial charge in [0, 0.05) is 17.5 Å². The number of hydrogen-bond acceptors (Lipinski definition) is 6. The normalized spacial score (nSPS) is 19.5. The van der Waals surface area contributed by atoms with E-state index in [4.69, 9.17) is 23.8 Å². The minimum atomic E-state index is -1.54. The standard InChI is InChI=1S/C23H17ClN4O4S/c1-13(29)19-22(32)28-21(31)18(12-15-6-4-3-5-7-15)25-20(16-8-10-17(24)11-9-16)27(28)23(33)26(19)14(2)30/h3-12,19H,1-2H3/b18-12-. The molecule has 2 heterocycles. The van der Waals surface area contributed by atoms with Crippen molar-refractivity contribution in [2.75, 3.05) is 0 Å². The molecule has 0 aliphatic carbocycles. The third-order valence-electron chi connectivity index (χ3n) is 5.06. The van der Waals surface area contributed by atoms with Crippen LogP contribution in [0, 0.1) is 0 Å². The average molecular weight is 481 g/mol. The van der Waals surface area contributed by atoms with Gasteiger partial charge in [0.05, 0.1) is 0 Å². The van der Waals surface area contributed by atoms with E-state index >= 15 is 0 Å². The zero-order chi connectivity index (χ0) is 23.9. The van der Waals surface area contributed by atoms with Crippen LogP contribution in [0.4, 0.5) is 0 Å². The van der Waals surface area contributed by atoms with Gasteiger partial charge in [-0.05, 0) is 55.0 Å². The van der Waals surface area contributed by atoms with Gasteiger partial charge in [-0.15, -0.1) is 0 Å². The molecule has 8 nitrogen and oxygen atoms in total. The molecule has 0 saturated carbocycles. The van der Waals surface area contributed by atoms with Crippen LogP contribution in [0.1, 0.15) is 25.0 Å². The molecule has 0 spiro atoms. The van der Waals surface area contributed by atoms with E-state index in [-0.39, 0.29) is 16.6 Å². The zero-order valence-corrected chi connectivity index (χ0v) is 19.1. The minimum Gasteiger partial charge on any atom is -0.297 e. The Morgan fingerprint density at radius 3 is 2.21 bits per heavy atom. The molecule has 0 N–H and O–H groups in total. The summed E-state index contributed by atoms with van der Waals surface area (Å²) in [6, 6.07) is 14.0. The first-order valence-electron chi connectivity index (χ1n) is 9.84. The third kappa shape index (κ3) is 3.96. The van der Waals surface area contributed by atoms with Crippen molar-refractivity contribution in [1.29, 1.82) is 0 Å². The molecule has 0 aromatic heterocycles. The van der Waals surface area contributed by atoms with Crippen molar-refractivity contribution in [2.24, 2.45) is 4.99 Å². The maximum absolute atomic E-state index is 13.4. The monoisotopic (exact) mass is 480 g/mol. The molecular formula is C23H17ClN4O4S. The summed E-state index contributed by atoms with van der Waals surface area (Å²) >= 11 is 11.5. The molecule has 1 atom stereocenters. The lowest BCUT2D eigenvalue weighted by atomic mass is 10.1. The van der Waals surface area contributed by atoms with Gasteiger partial charge in [0.15, 0.2) is 17.7 Å². The van der Waals surface area contributed by atoms with Gasteiger partial charge >= 0.3 is 0 Å². The van der Waals surface area contributed by atoms with Gasteiger partial charge in [-0.1, -0.05) is 41.9 Å². The fourth-order valence-corrected chi connectivity index (χ4v) is 4.10. The molecule has 10 heteroatoms. The van der Waals surface area contributed by atoms with Crippen molar-refractivity contribution < 1.29 is 19.2 Å². The number of rotatable bonds is 3. The summed E-state index contributed by atoms with van der Waals surface area (Å²) in [6.45, 7) is 2.36. The lowest BCUT2D eigenvalue weighted by Gasteiger charge is -2.47. The minimum absolute atomic E-state index is 0.0304. The predicted molar refractivity (Wildman–Crippen MR) is 126 cm³/mol. The molecule has 2 aliphatic rings. The van der Waals surface area contributed by atoms with Crippen LogP contribution in [0.2, 0.25) is 5.02 Å². The Balaban J connectivity index is 1.95. The Morgan fingerprint density at radius 2 is 1.64 bits per heavy atom. The summed E-state index contributed by atoms with van der Waals surface area (Å²) in [6.07, 6.45) is 1.53. The van der Waals surface area contributed by atoms with Crippen LogP contribution in [0.5, 0.6) is 0 Å². The first kappa shape index (κ1) is 22.5. The number of thiocarbonyl (C=S) groups is 1. The summed E-state index contributed by atoms with van der Waals surface area (Å²) in [5.74, 6) is -2.74. The van der Waals surface area contributed by atoms with E-state index < -0.39 is 29.5 Å². The summed E-state index contributed by atoms with van der Waals surface area (Å²) in [4.78, 5) is 56.9. The second-order valence-electron chi connectivity index (χ2n) is 7.33. The van der Waals surface area contributed by atoms with Crippen molar-refractivity contribution in [3.8, 4) is 0 Å². The molecular weight excluding hydrogens is 464 g/mol. The van der Waals surface area contributed by atoms with Gasteiger partial charge in [-0.2, -0.15) is 10.0 Å². The van der Waals surface area contributed by atoms with Crippen LogP contribution in [0.3, 0.4) is 0 Å². The van der Waals surface area contributed by atoms with E-state index in [1.165, 1.54) is 19.9 Å². The number of imide groups is 1. The molecule has 0 radical (unpaired) electrons. The molecule has 2 aromatic rings. The number of hydrogen-bond donors (Lipinski definition) is 0. The second kappa shape index (κ2) is 8.68. The largest absolute Gasteiger partial charge is 0.298 e. The van der Waals surface area contributed by atoms with E-state index in [1.807, 2.05) is 6.07 Å². The number of hydrazine groups is 1. The SMILES string of the molecule is CC(=O)C1C(=O)N2C(=O)/C(=C/c3ccccc3)N=C(c3ccc(Cl)cc3)N2C(=S)N1C(C)=O. The molecule has 1 saturated heterocycles. The summed E-state index contributed by atoms with van der Waals surface area (Å²) in [7, 11) is 0. The van der Waals surface area contributed by atoms with Gasteiger partial charge in [0.2, 0.25) is 11.0 Å². The summed E-state index contributed by atoms with van der Waals surface area (Å²) in [5.41, 5.74) is 1.15. The van der Waals surface area contributed by atoms with Gasteiger partial charge in [0.25, 0.3) is 11.8 Å². The van der Waals surface area contributed by atoms with Crippen molar-refractivity contribution >= 4 is 64.3 Å². The highest BCUT2D eigenvalue weighted by Crippen LogP contribution is 2.29. The smallest absolute Gasteiger partial charge is 0.297 e. The Hall–Kier alpha value is -3.69. The molecule has 2 aliphatic heterocycles. The Labute approximate surface area is 199 Å². The predicted octanol–water partition coefficient (Wildman–Crippen LogP) is 2.82. The summed E-state index contributed by atoms with van der Waals surface area (Å²) < 4.78 is 0. The molecule has 33 heavy (non-hydrogen) atoms. The first-order valence-corrected chi connectivity index (χ1v) is 10.6. The topological polar surface area (TPSA) is 90.4 Å². The van der Waals surface area contributed by atoms with E-state index in [0.29, 0.717) is 16.1 Å². The fraction of sp³-hybridized carbons (Fsp3) is 0.130. The van der Waals surface area contributed by atoms with Crippen molar-refractivity contribution in [1.82, 2.24) is 14.9 Å². The quantitative estimate of drug-likeness (QED) is 0.290. The second-order valence-corrected chi connectivity index (χ2v) is 8.14. The number of ketones is 1. The number of nitrogens with zero attached hydrogens (tertiary/aromatic N) is 4. The van der Waals surface area contributed by atoms with Crippen LogP contribution < -0.4 is 0 Å². The van der Waals surface area contributed by atoms with Crippen LogP contribution in [0.25, 0.3) is 6.08 Å². The van der Waals surface area contributed by atoms with Gasteiger partial charge in [-0.3, -0.25) is 24.1 Å². The lowest BCUT2D eigenvalue weighted by Crippen LogP contribution is -2.72. The van der Waals surface area contributed by atoms with Gasteiger partial charge in [-0.25, -0.2) is 4.99 Å². The molecule has 1 unspecified atom stereocenters. The van der Waals surface area contributed by atoms with Gasteiger partial charge in [0.1, 0.15) is 5.70 Å². The van der Waals surface area contributed by atoms with Crippen LogP contribution >= 0.6 is 23.8 Å². The number of fused-ring (bicyclic) bond motifs is 1. The molecule has 1 fully saturated rings. The number of amides is 3. The maximum atomic E-state index is 13.4. The van der Waals surface area contributed by atoms with Gasteiger partial charge < -0.3 is 0 Å². The van der Waals surface area contributed by atoms with Crippen LogP contribution in [0.15, 0.2) is 65.3 Å². The Morgan fingerprint density at radius 1 is 1.00 bits per heavy atom. The third-order valence-corrected chi connectivity index (χ3v) is 5.68. The van der Waals surface area contributed by atoms with Crippen molar-refractivity contribution in [3.05, 3.63) is 76.4 Å². The molecule has 3 amide bonds. The van der Waals surface area contributed by atoms with E-state index in [9.17, 15) is 19.2 Å². The van der Waals surface area contributed by atoms with E-state index in [2.05, 4.69) is 4.99 Å². The number of carbonyl (C=O) groups is 4. The maximum Gasteiger partial charge on any atom is 0.298 e.